The molecule has 0 unspecified atom stereocenters. The first-order chi connectivity index (χ1) is 12.8. The molecule has 5 rings (SSSR count). The van der Waals surface area contributed by atoms with Crippen LogP contribution in [0.4, 0.5) is 0 Å². The number of aryl methyl sites for hydroxylation is 1. The molecule has 1 aliphatic heterocycles. The van der Waals surface area contributed by atoms with E-state index in [9.17, 15) is 4.79 Å². The Morgan fingerprint density at radius 1 is 1.12 bits per heavy atom. The van der Waals surface area contributed by atoms with Gasteiger partial charge in [0.25, 0.3) is 5.91 Å². The predicted molar refractivity (Wildman–Crippen MR) is 96.9 cm³/mol. The molecule has 0 saturated carbocycles. The molecular formula is C19H17N5O2. The van der Waals surface area contributed by atoms with Crippen LogP contribution in [0.3, 0.4) is 0 Å². The number of rotatable bonds is 2. The number of benzene rings is 1. The van der Waals surface area contributed by atoms with Crippen LogP contribution in [0, 0.1) is 0 Å². The van der Waals surface area contributed by atoms with Crippen molar-refractivity contribution in [3.05, 3.63) is 54.5 Å². The number of amides is 1. The molecule has 1 aromatic carbocycles. The highest BCUT2D eigenvalue weighted by molar-refractivity contribution is 6.10. The zero-order valence-electron chi connectivity index (χ0n) is 14.3. The lowest BCUT2D eigenvalue weighted by Gasteiger charge is -2.15. The maximum Gasteiger partial charge on any atom is 0.294 e. The number of hydrogen-bond donors (Lipinski definition) is 0. The van der Waals surface area contributed by atoms with Crippen molar-refractivity contribution in [2.75, 3.05) is 13.2 Å². The largest absolute Gasteiger partial charge is 0.342 e. The van der Waals surface area contributed by atoms with Gasteiger partial charge in [-0.25, -0.2) is 15.0 Å². The van der Waals surface area contributed by atoms with E-state index < -0.39 is 0 Å². The molecule has 130 valence electrons. The Labute approximate surface area is 149 Å². The standard InChI is InChI=1S/C19H17N5O2/c1-22-14-7-3-2-6-13(14)17-15(22)12-16(18(25)23-10-5-11-26-23)24(17)19-20-8-4-9-21-19/h2-4,6-9,12H,5,10-11H2,1H3. The van der Waals surface area contributed by atoms with Crippen molar-refractivity contribution in [1.29, 1.82) is 0 Å². The summed E-state index contributed by atoms with van der Waals surface area (Å²) >= 11 is 0. The molecule has 0 atom stereocenters. The molecule has 0 radical (unpaired) electrons. The Kier molecular flexibility index (Phi) is 3.29. The number of hydroxylamine groups is 2. The lowest BCUT2D eigenvalue weighted by Crippen LogP contribution is -2.28. The molecule has 0 N–H and O–H groups in total. The molecule has 1 aliphatic rings. The maximum atomic E-state index is 13.1. The maximum absolute atomic E-state index is 13.1. The van der Waals surface area contributed by atoms with Gasteiger partial charge in [-0.3, -0.25) is 14.2 Å². The van der Waals surface area contributed by atoms with Crippen LogP contribution in [-0.4, -0.2) is 43.2 Å². The molecular weight excluding hydrogens is 330 g/mol. The van der Waals surface area contributed by atoms with Gasteiger partial charge in [0, 0.05) is 24.8 Å². The molecule has 4 heterocycles. The number of carbonyl (C=O) groups is 1. The first-order valence-electron chi connectivity index (χ1n) is 8.57. The Morgan fingerprint density at radius 2 is 1.92 bits per heavy atom. The van der Waals surface area contributed by atoms with E-state index >= 15 is 0 Å². The molecule has 0 bridgehead atoms. The van der Waals surface area contributed by atoms with Crippen LogP contribution < -0.4 is 0 Å². The van der Waals surface area contributed by atoms with E-state index in [1.807, 2.05) is 29.8 Å². The van der Waals surface area contributed by atoms with E-state index in [2.05, 4.69) is 26.7 Å². The van der Waals surface area contributed by atoms with E-state index in [0.717, 1.165) is 28.4 Å². The Bertz CT molecular complexity index is 1120. The molecule has 7 heteroatoms. The quantitative estimate of drug-likeness (QED) is 0.559. The number of carbonyl (C=O) groups excluding carboxylic acids is 1. The average Bonchev–Trinajstić information content (AvgIpc) is 3.40. The molecule has 1 amide bonds. The molecule has 3 aromatic heterocycles. The van der Waals surface area contributed by atoms with Crippen LogP contribution in [0.1, 0.15) is 16.9 Å². The average molecular weight is 347 g/mol. The smallest absolute Gasteiger partial charge is 0.294 e. The summed E-state index contributed by atoms with van der Waals surface area (Å²) in [6, 6.07) is 11.8. The first kappa shape index (κ1) is 15.1. The summed E-state index contributed by atoms with van der Waals surface area (Å²) in [5.74, 6) is 0.302. The Balaban J connectivity index is 1.85. The van der Waals surface area contributed by atoms with Crippen LogP contribution in [0.2, 0.25) is 0 Å². The molecule has 26 heavy (non-hydrogen) atoms. The minimum absolute atomic E-state index is 0.171. The van der Waals surface area contributed by atoms with Gasteiger partial charge in [0.15, 0.2) is 0 Å². The highest BCUT2D eigenvalue weighted by atomic mass is 16.7. The predicted octanol–water partition coefficient (Wildman–Crippen LogP) is 2.69. The summed E-state index contributed by atoms with van der Waals surface area (Å²) < 4.78 is 3.92. The zero-order valence-corrected chi connectivity index (χ0v) is 14.3. The highest BCUT2D eigenvalue weighted by Gasteiger charge is 2.28. The number of para-hydroxylation sites is 1. The minimum Gasteiger partial charge on any atom is -0.342 e. The molecule has 4 aromatic rings. The van der Waals surface area contributed by atoms with Gasteiger partial charge < -0.3 is 4.57 Å². The number of hydrogen-bond acceptors (Lipinski definition) is 4. The monoisotopic (exact) mass is 347 g/mol. The van der Waals surface area contributed by atoms with Crippen molar-refractivity contribution < 1.29 is 9.63 Å². The fraction of sp³-hybridized carbons (Fsp3) is 0.211. The molecule has 7 nitrogen and oxygen atoms in total. The summed E-state index contributed by atoms with van der Waals surface area (Å²) in [6.45, 7) is 1.16. The van der Waals surface area contributed by atoms with Gasteiger partial charge in [-0.1, -0.05) is 18.2 Å². The van der Waals surface area contributed by atoms with Crippen molar-refractivity contribution in [2.24, 2.45) is 7.05 Å². The van der Waals surface area contributed by atoms with Crippen molar-refractivity contribution in [3.8, 4) is 5.95 Å². The summed E-state index contributed by atoms with van der Waals surface area (Å²) in [6.07, 6.45) is 4.20. The van der Waals surface area contributed by atoms with Crippen molar-refractivity contribution in [3.63, 3.8) is 0 Å². The molecule has 0 spiro atoms. The third kappa shape index (κ3) is 2.07. The number of fused-ring (bicyclic) bond motifs is 3. The second kappa shape index (κ2) is 5.67. The van der Waals surface area contributed by atoms with Crippen LogP contribution in [0.5, 0.6) is 0 Å². The number of nitrogens with zero attached hydrogens (tertiary/aromatic N) is 5. The lowest BCUT2D eigenvalue weighted by atomic mass is 10.2. The second-order valence-electron chi connectivity index (χ2n) is 6.32. The van der Waals surface area contributed by atoms with Gasteiger partial charge in [-0.15, -0.1) is 0 Å². The first-order valence-corrected chi connectivity index (χ1v) is 8.57. The molecule has 0 aliphatic carbocycles. The second-order valence-corrected chi connectivity index (χ2v) is 6.32. The summed E-state index contributed by atoms with van der Waals surface area (Å²) in [4.78, 5) is 27.3. The van der Waals surface area contributed by atoms with Gasteiger partial charge in [0.1, 0.15) is 5.69 Å². The topological polar surface area (TPSA) is 65.2 Å². The van der Waals surface area contributed by atoms with Gasteiger partial charge in [0.05, 0.1) is 29.7 Å². The van der Waals surface area contributed by atoms with E-state index in [0.29, 0.717) is 24.8 Å². The molecule has 1 saturated heterocycles. The van der Waals surface area contributed by atoms with E-state index in [-0.39, 0.29) is 5.91 Å². The van der Waals surface area contributed by atoms with E-state index in [1.165, 1.54) is 5.06 Å². The minimum atomic E-state index is -0.171. The van der Waals surface area contributed by atoms with E-state index in [4.69, 9.17) is 4.84 Å². The third-order valence-electron chi connectivity index (χ3n) is 4.81. The van der Waals surface area contributed by atoms with Crippen LogP contribution in [0.15, 0.2) is 48.8 Å². The summed E-state index contributed by atoms with van der Waals surface area (Å²) in [5.41, 5.74) is 3.49. The van der Waals surface area contributed by atoms with Crippen LogP contribution >= 0.6 is 0 Å². The van der Waals surface area contributed by atoms with Gasteiger partial charge in [-0.05, 0) is 24.6 Å². The SMILES string of the molecule is Cn1c2ccccc2c2c1cc(C(=O)N1CCCO1)n2-c1ncccn1. The van der Waals surface area contributed by atoms with Crippen molar-refractivity contribution >= 4 is 27.8 Å². The summed E-state index contributed by atoms with van der Waals surface area (Å²) in [5, 5.41) is 2.48. The fourth-order valence-electron chi connectivity index (χ4n) is 3.61. The normalized spacial score (nSPS) is 14.6. The van der Waals surface area contributed by atoms with Crippen LogP contribution in [-0.2, 0) is 11.9 Å². The third-order valence-corrected chi connectivity index (χ3v) is 4.81. The van der Waals surface area contributed by atoms with Crippen molar-refractivity contribution in [2.45, 2.75) is 6.42 Å². The van der Waals surface area contributed by atoms with Gasteiger partial charge in [0.2, 0.25) is 5.95 Å². The molecule has 1 fully saturated rings. The Hall–Kier alpha value is -3.19. The fourth-order valence-corrected chi connectivity index (χ4v) is 3.61. The van der Waals surface area contributed by atoms with Crippen molar-refractivity contribution in [1.82, 2.24) is 24.2 Å². The van der Waals surface area contributed by atoms with Gasteiger partial charge >= 0.3 is 0 Å². The van der Waals surface area contributed by atoms with E-state index in [1.54, 1.807) is 18.5 Å². The summed E-state index contributed by atoms with van der Waals surface area (Å²) in [7, 11) is 2.00. The van der Waals surface area contributed by atoms with Gasteiger partial charge in [-0.2, -0.15) is 0 Å². The van der Waals surface area contributed by atoms with Crippen LogP contribution in [0.25, 0.3) is 27.9 Å². The Morgan fingerprint density at radius 3 is 2.69 bits per heavy atom. The highest BCUT2D eigenvalue weighted by Crippen LogP contribution is 2.33. The lowest BCUT2D eigenvalue weighted by molar-refractivity contribution is -0.0772. The number of aromatic nitrogens is 4. The zero-order chi connectivity index (χ0) is 17.7.